The zero-order valence-electron chi connectivity index (χ0n) is 33.0. The van der Waals surface area contributed by atoms with Crippen LogP contribution in [0.15, 0.2) is 24.3 Å². The number of aliphatic hydroxyl groups is 5. The van der Waals surface area contributed by atoms with Crippen molar-refractivity contribution in [3.8, 4) is 0 Å². The number of carbonyl (C=O) groups is 2. The lowest BCUT2D eigenvalue weighted by Gasteiger charge is -2.41. The van der Waals surface area contributed by atoms with Gasteiger partial charge in [-0.3, -0.25) is 18.6 Å². The second-order valence-corrected chi connectivity index (χ2v) is 15.9. The predicted molar refractivity (Wildman–Crippen MR) is 207 cm³/mol. The maximum atomic E-state index is 12.7. The molecule has 54 heavy (non-hydrogen) atoms. The van der Waals surface area contributed by atoms with Crippen LogP contribution in [0.4, 0.5) is 0 Å². The molecule has 6 N–H and O–H groups in total. The Bertz CT molecular complexity index is 1050. The number of allylic oxidation sites excluding steroid dienone is 4. The molecule has 0 amide bonds. The van der Waals surface area contributed by atoms with Gasteiger partial charge in [0.05, 0.1) is 6.61 Å². The standard InChI is InChI=1S/C40H73O13P/c1-3-5-7-9-11-13-15-17-19-21-23-25-27-29-34(42)52-32(30-50-33(41)28-26-24-22-20-18-16-14-12-10-8-6-4-2)31-51-54(48,49)53-40-38(46)36(44)35(43)37(45)39(40)47/h12,14,17,19,32,35-40,43-47H,3-11,13,15-16,18,20-31H2,1-2H3,(H,48,49)/b14-12+,19-17+/t32-,35?,36-,37?,38?,39?,40?/m1/s1. The van der Waals surface area contributed by atoms with Crippen LogP contribution in [0.25, 0.3) is 0 Å². The fourth-order valence-electron chi connectivity index (χ4n) is 6.10. The number of phosphoric ester groups is 1. The Morgan fingerprint density at radius 2 is 0.944 bits per heavy atom. The SMILES string of the molecule is CCCCC/C=C/CCCCCCCC(=O)OC[C@H](COP(=O)(O)OC1C(O)C(O)C(O)[C@@H](O)C1O)OC(=O)CCCCC/C=C/CCCCCCCC. The molecule has 14 heteroatoms. The second-order valence-electron chi connectivity index (χ2n) is 14.5. The predicted octanol–water partition coefficient (Wildman–Crippen LogP) is 6.89. The first-order valence-electron chi connectivity index (χ1n) is 20.6. The van der Waals surface area contributed by atoms with Crippen LogP contribution in [-0.4, -0.2) is 98.3 Å². The average Bonchev–Trinajstić information content (AvgIpc) is 3.15. The first-order chi connectivity index (χ1) is 25.9. The lowest BCUT2D eigenvalue weighted by atomic mass is 9.85. The number of esters is 2. The highest BCUT2D eigenvalue weighted by atomic mass is 31.2. The summed E-state index contributed by atoms with van der Waals surface area (Å²) in [4.78, 5) is 35.5. The van der Waals surface area contributed by atoms with Gasteiger partial charge in [-0.15, -0.1) is 0 Å². The molecule has 0 heterocycles. The number of rotatable bonds is 33. The topological polar surface area (TPSA) is 210 Å². The summed E-state index contributed by atoms with van der Waals surface area (Å²) in [5.41, 5.74) is 0. The van der Waals surface area contributed by atoms with Gasteiger partial charge < -0.3 is 39.9 Å². The molecule has 1 aliphatic carbocycles. The molecule has 8 atom stereocenters. The van der Waals surface area contributed by atoms with Gasteiger partial charge in [0.2, 0.25) is 0 Å². The number of unbranched alkanes of at least 4 members (excludes halogenated alkanes) is 17. The number of phosphoric acid groups is 1. The molecule has 0 spiro atoms. The molecular formula is C40H73O13P. The van der Waals surface area contributed by atoms with E-state index < -0.39 is 75.7 Å². The van der Waals surface area contributed by atoms with Gasteiger partial charge in [0.1, 0.15) is 43.2 Å². The van der Waals surface area contributed by atoms with Crippen molar-refractivity contribution >= 4 is 19.8 Å². The van der Waals surface area contributed by atoms with E-state index in [1.165, 1.54) is 57.8 Å². The highest BCUT2D eigenvalue weighted by Crippen LogP contribution is 2.47. The number of carbonyl (C=O) groups excluding carboxylic acids is 2. The monoisotopic (exact) mass is 792 g/mol. The molecule has 0 radical (unpaired) electrons. The minimum atomic E-state index is -5.11. The molecule has 1 saturated carbocycles. The molecule has 316 valence electrons. The first kappa shape index (κ1) is 50.3. The molecule has 0 saturated heterocycles. The summed E-state index contributed by atoms with van der Waals surface area (Å²) in [6, 6.07) is 0. The van der Waals surface area contributed by atoms with E-state index in [2.05, 4.69) is 38.2 Å². The normalized spacial score (nSPS) is 23.5. The molecule has 1 rings (SSSR count). The van der Waals surface area contributed by atoms with Crippen LogP contribution < -0.4 is 0 Å². The van der Waals surface area contributed by atoms with Crippen molar-refractivity contribution in [2.45, 2.75) is 204 Å². The summed E-state index contributed by atoms with van der Waals surface area (Å²) in [5.74, 6) is -1.13. The van der Waals surface area contributed by atoms with Crippen molar-refractivity contribution in [1.82, 2.24) is 0 Å². The zero-order valence-corrected chi connectivity index (χ0v) is 33.9. The maximum Gasteiger partial charge on any atom is 0.472 e. The number of aliphatic hydroxyl groups excluding tert-OH is 5. The van der Waals surface area contributed by atoms with E-state index in [0.29, 0.717) is 12.8 Å². The van der Waals surface area contributed by atoms with Crippen LogP contribution >= 0.6 is 7.82 Å². The van der Waals surface area contributed by atoms with Crippen LogP contribution in [0.2, 0.25) is 0 Å². The lowest BCUT2D eigenvalue weighted by molar-refractivity contribution is -0.220. The van der Waals surface area contributed by atoms with Crippen molar-refractivity contribution in [2.75, 3.05) is 13.2 Å². The molecule has 13 nitrogen and oxygen atoms in total. The van der Waals surface area contributed by atoms with Gasteiger partial charge in [-0.05, 0) is 64.2 Å². The Morgan fingerprint density at radius 3 is 1.46 bits per heavy atom. The van der Waals surface area contributed by atoms with E-state index >= 15 is 0 Å². The van der Waals surface area contributed by atoms with Gasteiger partial charge in [-0.2, -0.15) is 0 Å². The third-order valence-electron chi connectivity index (χ3n) is 9.52. The van der Waals surface area contributed by atoms with E-state index in [0.717, 1.165) is 64.2 Å². The van der Waals surface area contributed by atoms with E-state index in [-0.39, 0.29) is 12.8 Å². The molecular weight excluding hydrogens is 719 g/mol. The second kappa shape index (κ2) is 31.4. The molecule has 1 fully saturated rings. The number of ether oxygens (including phenoxy) is 2. The van der Waals surface area contributed by atoms with E-state index in [4.69, 9.17) is 18.5 Å². The number of hydrogen-bond acceptors (Lipinski definition) is 12. The fourth-order valence-corrected chi connectivity index (χ4v) is 7.07. The highest BCUT2D eigenvalue weighted by molar-refractivity contribution is 7.47. The summed E-state index contributed by atoms with van der Waals surface area (Å²) in [6.07, 6.45) is 18.2. The van der Waals surface area contributed by atoms with Crippen LogP contribution in [0.5, 0.6) is 0 Å². The molecule has 6 unspecified atom stereocenters. The molecule has 0 bridgehead atoms. The largest absolute Gasteiger partial charge is 0.472 e. The number of hydrogen-bond donors (Lipinski definition) is 6. The quantitative estimate of drug-likeness (QED) is 0.0173. The van der Waals surface area contributed by atoms with Crippen LogP contribution in [-0.2, 0) is 32.7 Å². The van der Waals surface area contributed by atoms with E-state index in [1.54, 1.807) is 0 Å². The molecule has 1 aliphatic rings. The van der Waals surface area contributed by atoms with Gasteiger partial charge in [-0.25, -0.2) is 4.57 Å². The summed E-state index contributed by atoms with van der Waals surface area (Å²) < 4.78 is 33.3. The van der Waals surface area contributed by atoms with Gasteiger partial charge in [-0.1, -0.05) is 109 Å². The van der Waals surface area contributed by atoms with Crippen molar-refractivity contribution in [3.63, 3.8) is 0 Å². The van der Waals surface area contributed by atoms with Gasteiger partial charge in [0.25, 0.3) is 0 Å². The van der Waals surface area contributed by atoms with Crippen molar-refractivity contribution in [2.24, 2.45) is 0 Å². The molecule has 0 aromatic rings. The Labute approximate surface area is 324 Å². The van der Waals surface area contributed by atoms with Crippen LogP contribution in [0.1, 0.15) is 162 Å². The van der Waals surface area contributed by atoms with Crippen molar-refractivity contribution < 1.29 is 63.1 Å². The third-order valence-corrected chi connectivity index (χ3v) is 10.5. The molecule has 0 aliphatic heterocycles. The van der Waals surface area contributed by atoms with E-state index in [9.17, 15) is 44.6 Å². The summed E-state index contributed by atoms with van der Waals surface area (Å²) in [5, 5.41) is 50.0. The smallest absolute Gasteiger partial charge is 0.462 e. The zero-order chi connectivity index (χ0) is 40.0. The Kier molecular flexibility index (Phi) is 29.3. The average molecular weight is 793 g/mol. The summed E-state index contributed by atoms with van der Waals surface area (Å²) in [7, 11) is -5.11. The Hall–Kier alpha value is -1.67. The van der Waals surface area contributed by atoms with Crippen molar-refractivity contribution in [3.05, 3.63) is 24.3 Å². The lowest BCUT2D eigenvalue weighted by Crippen LogP contribution is -2.64. The Balaban J connectivity index is 2.54. The highest BCUT2D eigenvalue weighted by Gasteiger charge is 2.51. The maximum absolute atomic E-state index is 12.7. The first-order valence-corrected chi connectivity index (χ1v) is 22.1. The van der Waals surface area contributed by atoms with Crippen molar-refractivity contribution in [1.29, 1.82) is 0 Å². The van der Waals surface area contributed by atoms with Gasteiger partial charge in [0, 0.05) is 12.8 Å². The van der Waals surface area contributed by atoms with Crippen LogP contribution in [0, 0.1) is 0 Å². The van der Waals surface area contributed by atoms with Gasteiger partial charge >= 0.3 is 19.8 Å². The fraction of sp³-hybridized carbons (Fsp3) is 0.850. The van der Waals surface area contributed by atoms with Crippen LogP contribution in [0.3, 0.4) is 0 Å². The third kappa shape index (κ3) is 24.1. The molecule has 0 aromatic heterocycles. The summed E-state index contributed by atoms with van der Waals surface area (Å²) in [6.45, 7) is 3.22. The minimum Gasteiger partial charge on any atom is -0.462 e. The summed E-state index contributed by atoms with van der Waals surface area (Å²) >= 11 is 0. The van der Waals surface area contributed by atoms with Gasteiger partial charge in [0.15, 0.2) is 6.10 Å². The molecule has 0 aromatic carbocycles. The van der Waals surface area contributed by atoms with E-state index in [1.807, 2.05) is 0 Å². The minimum absolute atomic E-state index is 0.0758. The Morgan fingerprint density at radius 1 is 0.556 bits per heavy atom.